The maximum absolute atomic E-state index is 9.65. The standard InChI is InChI=1S/C17H28N2O/c1-14(15-6-8-16(9-7-15)19(2)3)18-12-17(13-20)10-4-5-11-17/h6-9,14,18,20H,4-5,10-13H2,1-3H3. The fourth-order valence-corrected chi connectivity index (χ4v) is 3.06. The first-order valence-corrected chi connectivity index (χ1v) is 7.68. The number of anilines is 1. The minimum Gasteiger partial charge on any atom is -0.396 e. The zero-order valence-corrected chi connectivity index (χ0v) is 13.0. The number of benzene rings is 1. The molecule has 1 aromatic carbocycles. The van der Waals surface area contributed by atoms with Crippen molar-refractivity contribution in [3.63, 3.8) is 0 Å². The molecule has 0 aromatic heterocycles. The average molecular weight is 276 g/mol. The summed E-state index contributed by atoms with van der Waals surface area (Å²) in [6, 6.07) is 9.02. The Kier molecular flexibility index (Phi) is 5.06. The first-order chi connectivity index (χ1) is 9.56. The van der Waals surface area contributed by atoms with Gasteiger partial charge in [0.1, 0.15) is 0 Å². The van der Waals surface area contributed by atoms with Gasteiger partial charge in [-0.15, -0.1) is 0 Å². The summed E-state index contributed by atoms with van der Waals surface area (Å²) < 4.78 is 0. The van der Waals surface area contributed by atoms with Gasteiger partial charge in [-0.1, -0.05) is 25.0 Å². The monoisotopic (exact) mass is 276 g/mol. The molecule has 3 nitrogen and oxygen atoms in total. The zero-order valence-electron chi connectivity index (χ0n) is 13.0. The van der Waals surface area contributed by atoms with Crippen LogP contribution < -0.4 is 10.2 Å². The van der Waals surface area contributed by atoms with Gasteiger partial charge < -0.3 is 15.3 Å². The van der Waals surface area contributed by atoms with Crippen LogP contribution in [0.4, 0.5) is 5.69 Å². The molecule has 1 atom stereocenters. The predicted octanol–water partition coefficient (Wildman–Crippen LogP) is 2.96. The molecule has 1 aromatic rings. The average Bonchev–Trinajstić information content (AvgIpc) is 2.94. The van der Waals surface area contributed by atoms with Crippen molar-refractivity contribution in [2.75, 3.05) is 32.1 Å². The summed E-state index contributed by atoms with van der Waals surface area (Å²) in [6.07, 6.45) is 4.83. The Morgan fingerprint density at radius 1 is 1.20 bits per heavy atom. The minimum absolute atomic E-state index is 0.123. The van der Waals surface area contributed by atoms with Gasteiger partial charge >= 0.3 is 0 Å². The summed E-state index contributed by atoms with van der Waals surface area (Å²) in [5.41, 5.74) is 2.66. The van der Waals surface area contributed by atoms with Crippen molar-refractivity contribution in [2.24, 2.45) is 5.41 Å². The van der Waals surface area contributed by atoms with E-state index in [9.17, 15) is 5.11 Å². The van der Waals surface area contributed by atoms with Crippen LogP contribution >= 0.6 is 0 Å². The van der Waals surface area contributed by atoms with Crippen molar-refractivity contribution in [3.05, 3.63) is 29.8 Å². The van der Waals surface area contributed by atoms with Crippen LogP contribution in [0.1, 0.15) is 44.2 Å². The molecule has 0 heterocycles. The summed E-state index contributed by atoms with van der Waals surface area (Å²) >= 11 is 0. The molecule has 0 saturated heterocycles. The van der Waals surface area contributed by atoms with E-state index < -0.39 is 0 Å². The fourth-order valence-electron chi connectivity index (χ4n) is 3.06. The van der Waals surface area contributed by atoms with E-state index in [0.29, 0.717) is 12.6 Å². The number of rotatable bonds is 6. The van der Waals surface area contributed by atoms with Crippen LogP contribution in [0.2, 0.25) is 0 Å². The van der Waals surface area contributed by atoms with Gasteiger partial charge in [0.15, 0.2) is 0 Å². The lowest BCUT2D eigenvalue weighted by molar-refractivity contribution is 0.125. The molecule has 0 amide bonds. The van der Waals surface area contributed by atoms with Gasteiger partial charge in [0.2, 0.25) is 0 Å². The van der Waals surface area contributed by atoms with Gasteiger partial charge in [0, 0.05) is 44.4 Å². The first kappa shape index (κ1) is 15.3. The number of aliphatic hydroxyl groups excluding tert-OH is 1. The minimum atomic E-state index is 0.123. The van der Waals surface area contributed by atoms with Crippen LogP contribution in [0.3, 0.4) is 0 Å². The Balaban J connectivity index is 1.92. The zero-order chi connectivity index (χ0) is 14.6. The molecule has 20 heavy (non-hydrogen) atoms. The SMILES string of the molecule is CC(NCC1(CO)CCCC1)c1ccc(N(C)C)cc1. The van der Waals surface area contributed by atoms with Gasteiger partial charge in [-0.25, -0.2) is 0 Å². The van der Waals surface area contributed by atoms with Crippen molar-refractivity contribution >= 4 is 5.69 Å². The Labute approximate surface area is 123 Å². The van der Waals surface area contributed by atoms with Gasteiger partial charge in [0.05, 0.1) is 0 Å². The highest BCUT2D eigenvalue weighted by Gasteiger charge is 2.33. The van der Waals surface area contributed by atoms with E-state index in [2.05, 4.69) is 55.5 Å². The normalized spacial score (nSPS) is 19.0. The Bertz CT molecular complexity index is 408. The smallest absolute Gasteiger partial charge is 0.0499 e. The third kappa shape index (κ3) is 3.53. The third-order valence-corrected chi connectivity index (χ3v) is 4.69. The molecule has 1 saturated carbocycles. The highest BCUT2D eigenvalue weighted by Crippen LogP contribution is 2.37. The quantitative estimate of drug-likeness (QED) is 0.838. The highest BCUT2D eigenvalue weighted by molar-refractivity contribution is 5.46. The molecular weight excluding hydrogens is 248 g/mol. The van der Waals surface area contributed by atoms with E-state index in [0.717, 1.165) is 19.4 Å². The van der Waals surface area contributed by atoms with Crippen molar-refractivity contribution in [2.45, 2.75) is 38.6 Å². The molecule has 2 N–H and O–H groups in total. The summed E-state index contributed by atoms with van der Waals surface area (Å²) in [5.74, 6) is 0. The lowest BCUT2D eigenvalue weighted by atomic mass is 9.87. The molecule has 0 radical (unpaired) electrons. The largest absolute Gasteiger partial charge is 0.396 e. The molecule has 1 fully saturated rings. The number of aliphatic hydroxyl groups is 1. The van der Waals surface area contributed by atoms with E-state index in [4.69, 9.17) is 0 Å². The molecule has 2 rings (SSSR count). The number of hydrogen-bond acceptors (Lipinski definition) is 3. The highest BCUT2D eigenvalue weighted by atomic mass is 16.3. The lowest BCUT2D eigenvalue weighted by Gasteiger charge is -2.29. The molecule has 0 spiro atoms. The van der Waals surface area contributed by atoms with Gasteiger partial charge in [-0.05, 0) is 37.5 Å². The van der Waals surface area contributed by atoms with Crippen molar-refractivity contribution in [1.29, 1.82) is 0 Å². The summed E-state index contributed by atoms with van der Waals surface area (Å²) in [6.45, 7) is 3.43. The Morgan fingerprint density at radius 3 is 2.30 bits per heavy atom. The van der Waals surface area contributed by atoms with Crippen LogP contribution in [0, 0.1) is 5.41 Å². The molecule has 1 unspecified atom stereocenters. The summed E-state index contributed by atoms with van der Waals surface area (Å²) in [7, 11) is 4.11. The van der Waals surface area contributed by atoms with Gasteiger partial charge in [0.25, 0.3) is 0 Å². The van der Waals surface area contributed by atoms with E-state index >= 15 is 0 Å². The molecular formula is C17H28N2O. The molecule has 1 aliphatic carbocycles. The topological polar surface area (TPSA) is 35.5 Å². The van der Waals surface area contributed by atoms with Crippen LogP contribution in [-0.4, -0.2) is 32.4 Å². The fraction of sp³-hybridized carbons (Fsp3) is 0.647. The van der Waals surface area contributed by atoms with Gasteiger partial charge in [-0.3, -0.25) is 0 Å². The Morgan fingerprint density at radius 2 is 1.80 bits per heavy atom. The van der Waals surface area contributed by atoms with E-state index in [1.807, 2.05) is 0 Å². The molecule has 0 aliphatic heterocycles. The van der Waals surface area contributed by atoms with Crippen LogP contribution in [-0.2, 0) is 0 Å². The predicted molar refractivity (Wildman–Crippen MR) is 85.2 cm³/mol. The lowest BCUT2D eigenvalue weighted by Crippen LogP contribution is -2.36. The summed E-state index contributed by atoms with van der Waals surface area (Å²) in [5, 5.41) is 13.3. The second-order valence-electron chi connectivity index (χ2n) is 6.45. The number of nitrogens with one attached hydrogen (secondary N) is 1. The molecule has 0 bridgehead atoms. The summed E-state index contributed by atoms with van der Waals surface area (Å²) in [4.78, 5) is 2.11. The first-order valence-electron chi connectivity index (χ1n) is 7.68. The second-order valence-corrected chi connectivity index (χ2v) is 6.45. The maximum Gasteiger partial charge on any atom is 0.0499 e. The number of nitrogens with zero attached hydrogens (tertiary/aromatic N) is 1. The third-order valence-electron chi connectivity index (χ3n) is 4.69. The van der Waals surface area contributed by atoms with Crippen molar-refractivity contribution in [3.8, 4) is 0 Å². The Hall–Kier alpha value is -1.06. The molecule has 1 aliphatic rings. The van der Waals surface area contributed by atoms with Crippen LogP contribution in [0.5, 0.6) is 0 Å². The molecule has 112 valence electrons. The second kappa shape index (κ2) is 6.59. The van der Waals surface area contributed by atoms with Crippen molar-refractivity contribution in [1.82, 2.24) is 5.32 Å². The van der Waals surface area contributed by atoms with E-state index in [-0.39, 0.29) is 5.41 Å². The van der Waals surface area contributed by atoms with E-state index in [1.54, 1.807) is 0 Å². The van der Waals surface area contributed by atoms with Crippen LogP contribution in [0.25, 0.3) is 0 Å². The number of hydrogen-bond donors (Lipinski definition) is 2. The van der Waals surface area contributed by atoms with E-state index in [1.165, 1.54) is 24.1 Å². The maximum atomic E-state index is 9.65. The van der Waals surface area contributed by atoms with Crippen LogP contribution in [0.15, 0.2) is 24.3 Å². The molecule has 3 heteroatoms. The van der Waals surface area contributed by atoms with Crippen molar-refractivity contribution < 1.29 is 5.11 Å². The van der Waals surface area contributed by atoms with Gasteiger partial charge in [-0.2, -0.15) is 0 Å².